The first-order chi connectivity index (χ1) is 9.42. The molecule has 0 saturated carbocycles. The van der Waals surface area contributed by atoms with E-state index in [-0.39, 0.29) is 0 Å². The molecule has 4 rings (SSSR count). The van der Waals surface area contributed by atoms with Crippen LogP contribution in [0.15, 0.2) is 55.1 Å². The van der Waals surface area contributed by atoms with Crippen LogP contribution < -0.4 is 0 Å². The Hall–Kier alpha value is -2.75. The number of imidazole rings is 1. The highest BCUT2D eigenvalue weighted by Gasteiger charge is 2.08. The zero-order valence-electron chi connectivity index (χ0n) is 10.0. The van der Waals surface area contributed by atoms with Gasteiger partial charge in [-0.3, -0.25) is 0 Å². The third-order valence-electron chi connectivity index (χ3n) is 3.25. The van der Waals surface area contributed by atoms with Gasteiger partial charge in [-0.15, -0.1) is 0 Å². The molecule has 0 fully saturated rings. The van der Waals surface area contributed by atoms with E-state index in [9.17, 15) is 0 Å². The van der Waals surface area contributed by atoms with E-state index in [1.807, 2.05) is 12.1 Å². The smallest absolute Gasteiger partial charge is 0.181 e. The molecule has 4 aromatic rings. The van der Waals surface area contributed by atoms with E-state index in [4.69, 9.17) is 0 Å². The van der Waals surface area contributed by atoms with Crippen LogP contribution >= 0.6 is 0 Å². The summed E-state index contributed by atoms with van der Waals surface area (Å²) in [7, 11) is 0. The Balaban J connectivity index is 2.01. The number of H-pyrrole nitrogens is 1. The molecule has 4 heteroatoms. The molecule has 0 radical (unpaired) electrons. The predicted octanol–water partition coefficient (Wildman–Crippen LogP) is 3.17. The Bertz CT molecular complexity index is 879. The first-order valence-electron chi connectivity index (χ1n) is 6.05. The van der Waals surface area contributed by atoms with Gasteiger partial charge in [-0.1, -0.05) is 36.4 Å². The average Bonchev–Trinajstić information content (AvgIpc) is 2.95. The van der Waals surface area contributed by atoms with Crippen molar-refractivity contribution in [3.63, 3.8) is 0 Å². The van der Waals surface area contributed by atoms with Crippen LogP contribution in [0.1, 0.15) is 0 Å². The molecule has 0 aliphatic heterocycles. The van der Waals surface area contributed by atoms with Gasteiger partial charge in [0.05, 0.1) is 12.0 Å². The summed E-state index contributed by atoms with van der Waals surface area (Å²) in [5, 5.41) is 2.42. The predicted molar refractivity (Wildman–Crippen MR) is 74.6 cm³/mol. The number of nitrogens with zero attached hydrogens (tertiary/aromatic N) is 3. The quantitative estimate of drug-likeness (QED) is 0.561. The summed E-state index contributed by atoms with van der Waals surface area (Å²) in [4.78, 5) is 15.8. The third-order valence-corrected chi connectivity index (χ3v) is 3.25. The molecule has 2 heterocycles. The maximum absolute atomic E-state index is 4.37. The molecule has 19 heavy (non-hydrogen) atoms. The second-order valence-electron chi connectivity index (χ2n) is 4.39. The van der Waals surface area contributed by atoms with Crippen molar-refractivity contribution < 1.29 is 0 Å². The summed E-state index contributed by atoms with van der Waals surface area (Å²) < 4.78 is 0. The Morgan fingerprint density at radius 2 is 1.74 bits per heavy atom. The molecule has 1 N–H and O–H groups in total. The standard InChI is InChI=1S/C15H10N4/c1-2-4-11-7-12(6-5-10(11)3-1)13-14-15(18-8-16-13)19-9-17-14/h1-9H,(H,16,17,18,19). The Morgan fingerprint density at radius 3 is 2.68 bits per heavy atom. The Labute approximate surface area is 109 Å². The topological polar surface area (TPSA) is 54.5 Å². The van der Waals surface area contributed by atoms with Gasteiger partial charge in [0.15, 0.2) is 5.65 Å². The summed E-state index contributed by atoms with van der Waals surface area (Å²) in [5.41, 5.74) is 3.51. The maximum Gasteiger partial charge on any atom is 0.181 e. The first kappa shape index (κ1) is 10.2. The fraction of sp³-hybridized carbons (Fsp3) is 0. The van der Waals surface area contributed by atoms with Crippen molar-refractivity contribution >= 4 is 21.9 Å². The summed E-state index contributed by atoms with van der Waals surface area (Å²) in [6.07, 6.45) is 3.19. The molecule has 0 amide bonds. The molecule has 0 atom stereocenters. The minimum absolute atomic E-state index is 0.693. The number of aromatic amines is 1. The molecule has 2 aromatic carbocycles. The Kier molecular flexibility index (Phi) is 2.08. The molecule has 0 bridgehead atoms. The van der Waals surface area contributed by atoms with Gasteiger partial charge in [0.2, 0.25) is 0 Å². The van der Waals surface area contributed by atoms with E-state index < -0.39 is 0 Å². The van der Waals surface area contributed by atoms with Crippen LogP contribution in [0.4, 0.5) is 0 Å². The van der Waals surface area contributed by atoms with Crippen LogP contribution in [0, 0.1) is 0 Å². The van der Waals surface area contributed by atoms with Gasteiger partial charge in [0, 0.05) is 5.56 Å². The van der Waals surface area contributed by atoms with Crippen LogP contribution in [0.5, 0.6) is 0 Å². The lowest BCUT2D eigenvalue weighted by Crippen LogP contribution is -1.88. The number of benzene rings is 2. The van der Waals surface area contributed by atoms with E-state index in [1.165, 1.54) is 10.8 Å². The maximum atomic E-state index is 4.37. The highest BCUT2D eigenvalue weighted by Crippen LogP contribution is 2.26. The molecule has 0 aliphatic carbocycles. The van der Waals surface area contributed by atoms with Crippen LogP contribution in [0.2, 0.25) is 0 Å². The highest BCUT2D eigenvalue weighted by molar-refractivity contribution is 5.92. The molecule has 0 saturated heterocycles. The number of rotatable bonds is 1. The minimum Gasteiger partial charge on any atom is -0.341 e. The van der Waals surface area contributed by atoms with Crippen LogP contribution in [-0.4, -0.2) is 19.9 Å². The van der Waals surface area contributed by atoms with E-state index in [0.29, 0.717) is 5.65 Å². The molecular formula is C15H10N4. The first-order valence-corrected chi connectivity index (χ1v) is 6.05. The number of fused-ring (bicyclic) bond motifs is 2. The number of hydrogen-bond acceptors (Lipinski definition) is 3. The third kappa shape index (κ3) is 1.57. The molecule has 2 aromatic heterocycles. The van der Waals surface area contributed by atoms with Gasteiger partial charge in [-0.25, -0.2) is 15.0 Å². The summed E-state index contributed by atoms with van der Waals surface area (Å²) in [6, 6.07) is 14.6. The van der Waals surface area contributed by atoms with E-state index in [0.717, 1.165) is 16.8 Å². The van der Waals surface area contributed by atoms with E-state index >= 15 is 0 Å². The van der Waals surface area contributed by atoms with Gasteiger partial charge in [0.1, 0.15) is 11.8 Å². The van der Waals surface area contributed by atoms with Crippen molar-refractivity contribution in [2.45, 2.75) is 0 Å². The van der Waals surface area contributed by atoms with Crippen molar-refractivity contribution in [3.05, 3.63) is 55.1 Å². The van der Waals surface area contributed by atoms with Crippen molar-refractivity contribution in [3.8, 4) is 11.3 Å². The summed E-state index contributed by atoms with van der Waals surface area (Å²) in [5.74, 6) is 0. The summed E-state index contributed by atoms with van der Waals surface area (Å²) in [6.45, 7) is 0. The van der Waals surface area contributed by atoms with Gasteiger partial charge < -0.3 is 4.98 Å². The fourth-order valence-electron chi connectivity index (χ4n) is 2.32. The van der Waals surface area contributed by atoms with Crippen molar-refractivity contribution in [2.75, 3.05) is 0 Å². The molecular weight excluding hydrogens is 236 g/mol. The molecule has 4 nitrogen and oxygen atoms in total. The van der Waals surface area contributed by atoms with Gasteiger partial charge in [-0.2, -0.15) is 0 Å². The lowest BCUT2D eigenvalue weighted by molar-refractivity contribution is 1.20. The van der Waals surface area contributed by atoms with Crippen LogP contribution in [0.25, 0.3) is 33.2 Å². The van der Waals surface area contributed by atoms with Crippen molar-refractivity contribution in [1.29, 1.82) is 0 Å². The average molecular weight is 246 g/mol. The van der Waals surface area contributed by atoms with Crippen molar-refractivity contribution in [1.82, 2.24) is 19.9 Å². The zero-order valence-corrected chi connectivity index (χ0v) is 10.0. The monoisotopic (exact) mass is 246 g/mol. The fourth-order valence-corrected chi connectivity index (χ4v) is 2.32. The molecule has 0 unspecified atom stereocenters. The number of aromatic nitrogens is 4. The minimum atomic E-state index is 0.693. The van der Waals surface area contributed by atoms with Gasteiger partial charge in [0.25, 0.3) is 0 Å². The lowest BCUT2D eigenvalue weighted by atomic mass is 10.0. The molecule has 90 valence electrons. The summed E-state index contributed by atoms with van der Waals surface area (Å²) >= 11 is 0. The second-order valence-corrected chi connectivity index (χ2v) is 4.39. The zero-order chi connectivity index (χ0) is 12.7. The molecule has 0 spiro atoms. The SMILES string of the molecule is c1ccc2cc(-c3ncnc4nc[nH]c34)ccc2c1. The van der Waals surface area contributed by atoms with Gasteiger partial charge >= 0.3 is 0 Å². The Morgan fingerprint density at radius 1 is 0.842 bits per heavy atom. The largest absolute Gasteiger partial charge is 0.341 e. The van der Waals surface area contributed by atoms with Gasteiger partial charge in [-0.05, 0) is 16.8 Å². The van der Waals surface area contributed by atoms with E-state index in [2.05, 4.69) is 50.3 Å². The number of hydrogen-bond donors (Lipinski definition) is 1. The molecule has 0 aliphatic rings. The van der Waals surface area contributed by atoms with E-state index in [1.54, 1.807) is 12.7 Å². The highest BCUT2D eigenvalue weighted by atomic mass is 15.0. The number of nitrogens with one attached hydrogen (secondary N) is 1. The van der Waals surface area contributed by atoms with Crippen LogP contribution in [-0.2, 0) is 0 Å². The normalized spacial score (nSPS) is 11.2. The van der Waals surface area contributed by atoms with Crippen LogP contribution in [0.3, 0.4) is 0 Å². The lowest BCUT2D eigenvalue weighted by Gasteiger charge is -2.03. The van der Waals surface area contributed by atoms with Crippen molar-refractivity contribution in [2.24, 2.45) is 0 Å². The second kappa shape index (κ2) is 3.88.